The molecule has 2 rings (SSSR count). The van der Waals surface area contributed by atoms with Gasteiger partial charge in [0.15, 0.2) is 0 Å². The van der Waals surface area contributed by atoms with E-state index in [9.17, 15) is 33.6 Å². The molecule has 2 aliphatic rings. The summed E-state index contributed by atoms with van der Waals surface area (Å²) in [5.41, 5.74) is -2.44. The monoisotopic (exact) mass is 774 g/mol. The first-order valence-electron chi connectivity index (χ1n) is 16.4. The minimum absolute atomic E-state index is 0. The fraction of sp³-hybridized carbons (Fsp3) is 0.703. The second kappa shape index (κ2) is 20.6. The number of hydrogen-bond donors (Lipinski definition) is 3. The second-order valence-electron chi connectivity index (χ2n) is 15.5. The van der Waals surface area contributed by atoms with E-state index in [1.807, 2.05) is 27.7 Å². The Hall–Kier alpha value is -3.65. The molecule has 0 bridgehead atoms. The van der Waals surface area contributed by atoms with E-state index in [1.165, 1.54) is 13.8 Å². The van der Waals surface area contributed by atoms with Gasteiger partial charge in [0.2, 0.25) is 5.78 Å². The summed E-state index contributed by atoms with van der Waals surface area (Å²) in [7, 11) is 0. The van der Waals surface area contributed by atoms with Crippen LogP contribution >= 0.6 is 0 Å². The van der Waals surface area contributed by atoms with Crippen molar-refractivity contribution in [3.63, 3.8) is 0 Å². The van der Waals surface area contributed by atoms with Crippen LogP contribution in [0.25, 0.3) is 0 Å². The average molecular weight is 775 g/mol. The molecule has 0 saturated heterocycles. The van der Waals surface area contributed by atoms with Gasteiger partial charge in [-0.05, 0) is 70.1 Å². The van der Waals surface area contributed by atoms with Gasteiger partial charge >= 0.3 is 24.1 Å². The predicted octanol–water partition coefficient (Wildman–Crippen LogP) is 5.12. The molecule has 3 amide bonds. The van der Waals surface area contributed by atoms with Crippen LogP contribution in [-0.4, -0.2) is 85.6 Å². The van der Waals surface area contributed by atoms with Gasteiger partial charge in [-0.1, -0.05) is 62.6 Å². The summed E-state index contributed by atoms with van der Waals surface area (Å²) in [6.45, 7) is 20.5. The Balaban J connectivity index is 0. The van der Waals surface area contributed by atoms with Crippen molar-refractivity contribution < 1.29 is 71.1 Å². The van der Waals surface area contributed by atoms with Gasteiger partial charge in [0.05, 0.1) is 0 Å². The minimum atomic E-state index is -1.24. The molecule has 2 aliphatic carbocycles. The summed E-state index contributed by atoms with van der Waals surface area (Å²) < 4.78 is 20.1. The van der Waals surface area contributed by atoms with Crippen molar-refractivity contribution in [1.82, 2.24) is 16.0 Å². The molecule has 0 aliphatic heterocycles. The Bertz CT molecular complexity index is 1360. The first-order chi connectivity index (χ1) is 22.5. The smallest absolute Gasteiger partial charge is 0.407 e. The maximum Gasteiger partial charge on any atom is 0.407 e. The summed E-state index contributed by atoms with van der Waals surface area (Å²) >= 11 is 0. The van der Waals surface area contributed by atoms with Gasteiger partial charge in [-0.3, -0.25) is 14.4 Å². The Kier molecular flexibility index (Phi) is 19.9. The number of carbonyl (C=O) groups excluding carboxylic acids is 7. The normalized spacial score (nSPS) is 23.9. The number of amides is 3. The molecule has 1 radical (unpaired) electrons. The summed E-state index contributed by atoms with van der Waals surface area (Å²) in [6.07, 6.45) is 0.746. The Labute approximate surface area is 321 Å². The molecule has 15 heteroatoms. The summed E-state index contributed by atoms with van der Waals surface area (Å²) in [6, 6.07) is -1.06. The number of carbonyl (C=O) groups is 7. The number of esters is 2. The van der Waals surface area contributed by atoms with Crippen LogP contribution in [0.4, 0.5) is 9.59 Å². The quantitative estimate of drug-likeness (QED) is 0.0530. The number of alkyl carbamates (subject to hydrolysis) is 2. The molecule has 4 atom stereocenters. The van der Waals surface area contributed by atoms with E-state index in [0.29, 0.717) is 25.7 Å². The van der Waals surface area contributed by atoms with Crippen LogP contribution in [0, 0.1) is 16.2 Å². The molecular weight excluding hydrogens is 713 g/mol. The van der Waals surface area contributed by atoms with Crippen LogP contribution in [0.2, 0.25) is 0 Å². The zero-order valence-corrected chi connectivity index (χ0v) is 32.0. The fourth-order valence-corrected chi connectivity index (χ4v) is 7.34. The minimum Gasteiger partial charge on any atom is -0.459 e. The van der Waals surface area contributed by atoms with E-state index in [4.69, 9.17) is 18.9 Å². The molecule has 2 saturated carbocycles. The number of Topliss-reactive ketones (excluding diaryl/α,β-unsaturated/α-hetero) is 2. The van der Waals surface area contributed by atoms with Gasteiger partial charge in [0, 0.05) is 52.7 Å². The van der Waals surface area contributed by atoms with Gasteiger partial charge < -0.3 is 34.9 Å². The van der Waals surface area contributed by atoms with E-state index in [2.05, 4.69) is 29.1 Å². The molecule has 0 aromatic heterocycles. The number of nitrogens with one attached hydrogen (secondary N) is 3. The van der Waals surface area contributed by atoms with Gasteiger partial charge in [0.25, 0.3) is 11.7 Å². The molecule has 295 valence electrons. The van der Waals surface area contributed by atoms with Crippen LogP contribution in [0.5, 0.6) is 0 Å². The molecule has 0 aromatic rings. The van der Waals surface area contributed by atoms with Crippen molar-refractivity contribution in [2.45, 2.75) is 126 Å². The van der Waals surface area contributed by atoms with Crippen molar-refractivity contribution in [2.24, 2.45) is 16.2 Å². The molecule has 0 aromatic carbocycles. The SMILES string of the molecule is C.C.C=C(C)C(=O)OCCOC(=O)NC1CC(C)(C)CC(C)(C(=O)C(=O)C(=O)NC2CC(C)(C)CC(C)(NC(=O)OCCOC(=O)C(=C)C)C2)C1.[V]. The molecular formula is C37H61N3O11V. The molecule has 3 N–H and O–H groups in total. The van der Waals surface area contributed by atoms with Crippen LogP contribution in [0.15, 0.2) is 24.3 Å². The Morgan fingerprint density at radius 3 is 1.52 bits per heavy atom. The summed E-state index contributed by atoms with van der Waals surface area (Å²) in [4.78, 5) is 88.2. The predicted molar refractivity (Wildman–Crippen MR) is 191 cm³/mol. The number of rotatable bonds is 14. The number of ether oxygens (including phenoxy) is 4. The van der Waals surface area contributed by atoms with E-state index >= 15 is 0 Å². The van der Waals surface area contributed by atoms with Crippen molar-refractivity contribution in [3.05, 3.63) is 24.3 Å². The van der Waals surface area contributed by atoms with Crippen LogP contribution in [0.1, 0.15) is 109 Å². The molecule has 4 unspecified atom stereocenters. The average Bonchev–Trinajstić information content (AvgIpc) is 2.93. The third-order valence-electron chi connectivity index (χ3n) is 8.55. The fourth-order valence-electron chi connectivity index (χ4n) is 7.34. The van der Waals surface area contributed by atoms with Gasteiger partial charge in [0.1, 0.15) is 26.4 Å². The standard InChI is InChI=1S/C35H53N3O11.2CH4.V/c1-21(2)28(42)46-11-13-48-30(44)37-23-15-32(5,6)19-34(9,17-23)26(40)25(39)27(41)36-24-16-33(7,8)20-35(10,18-24)38-31(45)49-14-12-47-29(43)22(3)4;;;/h23-24H,1,3,11-20H2,2,4-10H3,(H,36,41)(H,37,44)(H,38,45);2*1H4;. The maximum absolute atomic E-state index is 13.6. The molecule has 0 heterocycles. The maximum atomic E-state index is 13.6. The van der Waals surface area contributed by atoms with Crippen molar-refractivity contribution >= 4 is 41.6 Å². The van der Waals surface area contributed by atoms with Crippen LogP contribution < -0.4 is 16.0 Å². The van der Waals surface area contributed by atoms with Gasteiger partial charge in [-0.15, -0.1) is 0 Å². The summed E-state index contributed by atoms with van der Waals surface area (Å²) in [5, 5.41) is 8.30. The zero-order chi connectivity index (χ0) is 37.4. The first-order valence-corrected chi connectivity index (χ1v) is 16.4. The number of ketones is 2. The summed E-state index contributed by atoms with van der Waals surface area (Å²) in [5.74, 6) is -4.25. The van der Waals surface area contributed by atoms with E-state index in [1.54, 1.807) is 13.8 Å². The Morgan fingerprint density at radius 2 is 1.04 bits per heavy atom. The third-order valence-corrected chi connectivity index (χ3v) is 8.55. The van der Waals surface area contributed by atoms with E-state index in [-0.39, 0.29) is 89.2 Å². The van der Waals surface area contributed by atoms with Crippen molar-refractivity contribution in [2.75, 3.05) is 26.4 Å². The van der Waals surface area contributed by atoms with Crippen molar-refractivity contribution in [1.29, 1.82) is 0 Å². The number of hydrogen-bond acceptors (Lipinski definition) is 11. The van der Waals surface area contributed by atoms with Crippen molar-refractivity contribution in [3.8, 4) is 0 Å². The molecule has 52 heavy (non-hydrogen) atoms. The molecule has 14 nitrogen and oxygen atoms in total. The zero-order valence-electron chi connectivity index (χ0n) is 30.6. The Morgan fingerprint density at radius 1 is 0.615 bits per heavy atom. The topological polar surface area (TPSA) is 192 Å². The van der Waals surface area contributed by atoms with E-state index < -0.39 is 70.1 Å². The molecule has 0 spiro atoms. The third kappa shape index (κ3) is 15.9. The van der Waals surface area contributed by atoms with Crippen LogP contribution in [-0.2, 0) is 61.5 Å². The van der Waals surface area contributed by atoms with Crippen LogP contribution in [0.3, 0.4) is 0 Å². The molecule has 2 fully saturated rings. The van der Waals surface area contributed by atoms with E-state index in [0.717, 1.165) is 0 Å². The van der Waals surface area contributed by atoms with Gasteiger partial charge in [-0.2, -0.15) is 0 Å². The first kappa shape index (κ1) is 50.5. The largest absolute Gasteiger partial charge is 0.459 e. The van der Waals surface area contributed by atoms with Gasteiger partial charge in [-0.25, -0.2) is 19.2 Å². The second-order valence-corrected chi connectivity index (χ2v) is 15.5.